The normalized spacial score (nSPS) is 16.5. The van der Waals surface area contributed by atoms with Crippen molar-refractivity contribution in [1.82, 2.24) is 15.5 Å². The van der Waals surface area contributed by atoms with Gasteiger partial charge in [0, 0.05) is 38.5 Å². The zero-order valence-electron chi connectivity index (χ0n) is 19.5. The SMILES string of the molecule is CCNC(=NCc1ccc(OC(C)C)cc1)NCC1CC(=O)N(CCc2ccccc2)C1. The summed E-state index contributed by atoms with van der Waals surface area (Å²) in [5, 5.41) is 6.72. The van der Waals surface area contributed by atoms with Crippen molar-refractivity contribution in [2.24, 2.45) is 10.9 Å². The molecule has 0 radical (unpaired) electrons. The number of hydrogen-bond donors (Lipinski definition) is 2. The van der Waals surface area contributed by atoms with E-state index < -0.39 is 0 Å². The molecular formula is C26H36N4O2. The van der Waals surface area contributed by atoms with E-state index in [1.807, 2.05) is 61.2 Å². The average molecular weight is 437 g/mol. The minimum absolute atomic E-state index is 0.167. The van der Waals surface area contributed by atoms with E-state index in [9.17, 15) is 4.79 Å². The number of guanidine groups is 1. The number of ether oxygens (including phenoxy) is 1. The molecule has 1 fully saturated rings. The molecule has 2 aromatic carbocycles. The zero-order valence-corrected chi connectivity index (χ0v) is 19.5. The van der Waals surface area contributed by atoms with Crippen molar-refractivity contribution in [3.05, 3.63) is 65.7 Å². The third-order valence-electron chi connectivity index (χ3n) is 5.43. The first-order chi connectivity index (χ1) is 15.5. The summed E-state index contributed by atoms with van der Waals surface area (Å²) >= 11 is 0. The molecule has 1 atom stereocenters. The number of likely N-dealkylation sites (tertiary alicyclic amines) is 1. The molecule has 3 rings (SSSR count). The lowest BCUT2D eigenvalue weighted by molar-refractivity contribution is -0.127. The smallest absolute Gasteiger partial charge is 0.223 e. The highest BCUT2D eigenvalue weighted by Gasteiger charge is 2.29. The minimum Gasteiger partial charge on any atom is -0.491 e. The molecule has 1 unspecified atom stereocenters. The van der Waals surface area contributed by atoms with Crippen LogP contribution in [0.2, 0.25) is 0 Å². The topological polar surface area (TPSA) is 66.0 Å². The first kappa shape index (κ1) is 23.6. The molecule has 0 spiro atoms. The Morgan fingerprint density at radius 2 is 1.84 bits per heavy atom. The van der Waals surface area contributed by atoms with Crippen LogP contribution in [-0.4, -0.2) is 49.0 Å². The van der Waals surface area contributed by atoms with Crippen LogP contribution in [0.1, 0.15) is 38.3 Å². The standard InChI is InChI=1S/C26H36N4O2/c1-4-27-26(28-17-22-10-12-24(13-11-22)32-20(2)3)29-18-23-16-25(31)30(19-23)15-14-21-8-6-5-7-9-21/h5-13,20,23H,4,14-19H2,1-3H3,(H2,27,28,29). The maximum absolute atomic E-state index is 12.4. The Hall–Kier alpha value is -3.02. The van der Waals surface area contributed by atoms with Crippen molar-refractivity contribution >= 4 is 11.9 Å². The summed E-state index contributed by atoms with van der Waals surface area (Å²) in [6.07, 6.45) is 1.66. The number of benzene rings is 2. The van der Waals surface area contributed by atoms with Crippen molar-refractivity contribution in [3.8, 4) is 5.75 Å². The van der Waals surface area contributed by atoms with Gasteiger partial charge in [0.05, 0.1) is 12.6 Å². The molecule has 2 aromatic rings. The maximum atomic E-state index is 12.4. The van der Waals surface area contributed by atoms with E-state index in [1.54, 1.807) is 0 Å². The Bertz CT molecular complexity index is 865. The van der Waals surface area contributed by atoms with Crippen LogP contribution in [0, 0.1) is 5.92 Å². The summed E-state index contributed by atoms with van der Waals surface area (Å²) in [4.78, 5) is 19.1. The van der Waals surface area contributed by atoms with Crippen molar-refractivity contribution in [3.63, 3.8) is 0 Å². The highest BCUT2D eigenvalue weighted by molar-refractivity contribution is 5.81. The molecule has 0 bridgehead atoms. The number of nitrogens with zero attached hydrogens (tertiary/aromatic N) is 2. The molecule has 6 heteroatoms. The lowest BCUT2D eigenvalue weighted by Crippen LogP contribution is -2.40. The van der Waals surface area contributed by atoms with Gasteiger partial charge in [0.2, 0.25) is 5.91 Å². The van der Waals surface area contributed by atoms with E-state index in [0.29, 0.717) is 18.9 Å². The van der Waals surface area contributed by atoms with Crippen LogP contribution in [0.25, 0.3) is 0 Å². The zero-order chi connectivity index (χ0) is 22.8. The van der Waals surface area contributed by atoms with Crippen molar-refractivity contribution < 1.29 is 9.53 Å². The number of carbonyl (C=O) groups excluding carboxylic acids is 1. The van der Waals surface area contributed by atoms with E-state index in [4.69, 9.17) is 9.73 Å². The van der Waals surface area contributed by atoms with E-state index in [0.717, 1.165) is 49.9 Å². The number of carbonyl (C=O) groups is 1. The molecule has 2 N–H and O–H groups in total. The molecule has 1 aliphatic heterocycles. The third-order valence-corrected chi connectivity index (χ3v) is 5.43. The Kier molecular flexibility index (Phi) is 8.96. The predicted octanol–water partition coefficient (Wildman–Crippen LogP) is 3.62. The van der Waals surface area contributed by atoms with Crippen LogP contribution >= 0.6 is 0 Å². The van der Waals surface area contributed by atoms with Gasteiger partial charge in [-0.25, -0.2) is 4.99 Å². The molecule has 6 nitrogen and oxygen atoms in total. The van der Waals surface area contributed by atoms with Gasteiger partial charge in [0.15, 0.2) is 5.96 Å². The molecule has 1 saturated heterocycles. The first-order valence-corrected chi connectivity index (χ1v) is 11.6. The van der Waals surface area contributed by atoms with Crippen LogP contribution in [0.3, 0.4) is 0 Å². The largest absolute Gasteiger partial charge is 0.491 e. The van der Waals surface area contributed by atoms with Gasteiger partial charge >= 0.3 is 0 Å². The monoisotopic (exact) mass is 436 g/mol. The number of rotatable bonds is 10. The lowest BCUT2D eigenvalue weighted by Gasteiger charge is -2.18. The van der Waals surface area contributed by atoms with Crippen LogP contribution in [-0.2, 0) is 17.8 Å². The van der Waals surface area contributed by atoms with Crippen molar-refractivity contribution in [1.29, 1.82) is 0 Å². The molecule has 0 aromatic heterocycles. The fraction of sp³-hybridized carbons (Fsp3) is 0.462. The summed E-state index contributed by atoms with van der Waals surface area (Å²) in [7, 11) is 0. The molecular weight excluding hydrogens is 400 g/mol. The van der Waals surface area contributed by atoms with Gasteiger partial charge in [-0.3, -0.25) is 4.79 Å². The Morgan fingerprint density at radius 3 is 2.53 bits per heavy atom. The highest BCUT2D eigenvalue weighted by atomic mass is 16.5. The lowest BCUT2D eigenvalue weighted by atomic mass is 10.1. The molecule has 0 saturated carbocycles. The summed E-state index contributed by atoms with van der Waals surface area (Å²) < 4.78 is 5.70. The fourth-order valence-corrected chi connectivity index (χ4v) is 3.81. The van der Waals surface area contributed by atoms with Crippen LogP contribution in [0.4, 0.5) is 0 Å². The molecule has 1 amide bonds. The van der Waals surface area contributed by atoms with Gasteiger partial charge in [0.1, 0.15) is 5.75 Å². The van der Waals surface area contributed by atoms with Crippen LogP contribution < -0.4 is 15.4 Å². The van der Waals surface area contributed by atoms with Crippen molar-refractivity contribution in [2.75, 3.05) is 26.2 Å². The van der Waals surface area contributed by atoms with Gasteiger partial charge in [-0.1, -0.05) is 42.5 Å². The summed E-state index contributed by atoms with van der Waals surface area (Å²) in [5.74, 6) is 2.21. The van der Waals surface area contributed by atoms with Gasteiger partial charge in [-0.05, 0) is 50.5 Å². The van der Waals surface area contributed by atoms with Gasteiger partial charge in [0.25, 0.3) is 0 Å². The number of nitrogens with one attached hydrogen (secondary N) is 2. The summed E-state index contributed by atoms with van der Waals surface area (Å²) in [6, 6.07) is 18.4. The van der Waals surface area contributed by atoms with Crippen LogP contribution in [0.15, 0.2) is 59.6 Å². The molecule has 1 heterocycles. The Morgan fingerprint density at radius 1 is 1.09 bits per heavy atom. The van der Waals surface area contributed by atoms with E-state index in [2.05, 4.69) is 29.7 Å². The summed E-state index contributed by atoms with van der Waals surface area (Å²) in [6.45, 7) is 9.80. The Balaban J connectivity index is 1.47. The third kappa shape index (κ3) is 7.59. The highest BCUT2D eigenvalue weighted by Crippen LogP contribution is 2.18. The predicted molar refractivity (Wildman–Crippen MR) is 130 cm³/mol. The molecule has 1 aliphatic rings. The second-order valence-corrected chi connectivity index (χ2v) is 8.53. The maximum Gasteiger partial charge on any atom is 0.223 e. The molecule has 172 valence electrons. The van der Waals surface area contributed by atoms with Crippen molar-refractivity contribution in [2.45, 2.75) is 46.3 Å². The minimum atomic E-state index is 0.167. The molecule has 32 heavy (non-hydrogen) atoms. The number of hydrogen-bond acceptors (Lipinski definition) is 3. The van der Waals surface area contributed by atoms with E-state index >= 15 is 0 Å². The van der Waals surface area contributed by atoms with Gasteiger partial charge in [-0.15, -0.1) is 0 Å². The summed E-state index contributed by atoms with van der Waals surface area (Å²) in [5.41, 5.74) is 2.40. The van der Waals surface area contributed by atoms with E-state index in [-0.39, 0.29) is 12.0 Å². The van der Waals surface area contributed by atoms with Gasteiger partial charge < -0.3 is 20.3 Å². The number of aliphatic imine (C=N–C) groups is 1. The first-order valence-electron chi connectivity index (χ1n) is 11.6. The van der Waals surface area contributed by atoms with E-state index in [1.165, 1.54) is 5.56 Å². The van der Waals surface area contributed by atoms with Gasteiger partial charge in [-0.2, -0.15) is 0 Å². The fourth-order valence-electron chi connectivity index (χ4n) is 3.81. The average Bonchev–Trinajstić information content (AvgIpc) is 3.15. The van der Waals surface area contributed by atoms with Crippen LogP contribution in [0.5, 0.6) is 5.75 Å². The second-order valence-electron chi connectivity index (χ2n) is 8.53. The Labute approximate surface area is 192 Å². The second kappa shape index (κ2) is 12.1. The molecule has 0 aliphatic carbocycles. The number of amides is 1. The quantitative estimate of drug-likeness (QED) is 0.441.